The van der Waals surface area contributed by atoms with E-state index in [-0.39, 0.29) is 11.6 Å². The van der Waals surface area contributed by atoms with Gasteiger partial charge in [-0.25, -0.2) is 8.78 Å². The fourth-order valence-corrected chi connectivity index (χ4v) is 4.81. The monoisotopic (exact) mass is 357 g/mol. The number of benzene rings is 1. The van der Waals surface area contributed by atoms with Crippen molar-refractivity contribution < 1.29 is 8.78 Å². The summed E-state index contributed by atoms with van der Waals surface area (Å²) in [5.74, 6) is -0.634. The SMILES string of the molecule is CC1C(Br)=CSC1C1CCC(c2c(F)cccc2F)=N1. The number of nitrogens with zero attached hydrogens (tertiary/aromatic N) is 1. The zero-order valence-electron chi connectivity index (χ0n) is 10.9. The largest absolute Gasteiger partial charge is 0.284 e. The van der Waals surface area contributed by atoms with Crippen molar-refractivity contribution >= 4 is 33.4 Å². The minimum absolute atomic E-state index is 0.0534. The maximum atomic E-state index is 13.8. The minimum Gasteiger partial charge on any atom is -0.284 e. The van der Waals surface area contributed by atoms with E-state index in [1.165, 1.54) is 22.7 Å². The molecule has 0 saturated carbocycles. The Morgan fingerprint density at radius 3 is 2.60 bits per heavy atom. The number of halogens is 3. The molecule has 1 nitrogen and oxygen atoms in total. The molecule has 0 amide bonds. The Morgan fingerprint density at radius 1 is 1.30 bits per heavy atom. The van der Waals surface area contributed by atoms with Crippen LogP contribution in [0.1, 0.15) is 25.3 Å². The van der Waals surface area contributed by atoms with Gasteiger partial charge in [0.15, 0.2) is 0 Å². The third-order valence-corrected chi connectivity index (χ3v) is 6.58. The number of thioether (sulfide) groups is 1. The molecule has 0 aliphatic carbocycles. The van der Waals surface area contributed by atoms with Crippen LogP contribution in [0.3, 0.4) is 0 Å². The number of aliphatic imine (C=N–C) groups is 1. The van der Waals surface area contributed by atoms with Gasteiger partial charge in [0.25, 0.3) is 0 Å². The molecule has 3 unspecified atom stereocenters. The molecule has 1 aromatic rings. The van der Waals surface area contributed by atoms with Gasteiger partial charge in [-0.3, -0.25) is 4.99 Å². The summed E-state index contributed by atoms with van der Waals surface area (Å²) in [6.45, 7) is 2.16. The quantitative estimate of drug-likeness (QED) is 0.732. The van der Waals surface area contributed by atoms with Gasteiger partial charge in [-0.1, -0.05) is 28.9 Å². The normalized spacial score (nSPS) is 29.5. The maximum Gasteiger partial charge on any atom is 0.135 e. The first-order chi connectivity index (χ1) is 9.58. The molecule has 2 aliphatic heterocycles. The lowest BCUT2D eigenvalue weighted by atomic mass is 9.99. The van der Waals surface area contributed by atoms with Crippen molar-refractivity contribution in [3.63, 3.8) is 0 Å². The molecule has 0 radical (unpaired) electrons. The van der Waals surface area contributed by atoms with Gasteiger partial charge in [0.05, 0.1) is 11.6 Å². The summed E-state index contributed by atoms with van der Waals surface area (Å²) in [5, 5.41) is 2.46. The van der Waals surface area contributed by atoms with Crippen molar-refractivity contribution in [3.05, 3.63) is 45.3 Å². The fraction of sp³-hybridized carbons (Fsp3) is 0.400. The van der Waals surface area contributed by atoms with Gasteiger partial charge in [0.2, 0.25) is 0 Å². The van der Waals surface area contributed by atoms with Crippen LogP contribution in [0.25, 0.3) is 0 Å². The summed E-state index contributed by atoms with van der Waals surface area (Å²) in [4.78, 5) is 4.61. The van der Waals surface area contributed by atoms with E-state index in [9.17, 15) is 8.78 Å². The number of allylic oxidation sites excluding steroid dienone is 1. The van der Waals surface area contributed by atoms with Crippen LogP contribution in [-0.4, -0.2) is 17.0 Å². The van der Waals surface area contributed by atoms with E-state index in [0.717, 1.165) is 6.42 Å². The second-order valence-corrected chi connectivity index (χ2v) is 7.14. The van der Waals surface area contributed by atoms with E-state index in [2.05, 4.69) is 33.3 Å². The predicted octanol–water partition coefficient (Wildman–Crippen LogP) is 4.90. The number of rotatable bonds is 2. The zero-order valence-corrected chi connectivity index (χ0v) is 13.3. The van der Waals surface area contributed by atoms with Crippen LogP contribution in [0.5, 0.6) is 0 Å². The topological polar surface area (TPSA) is 12.4 Å². The van der Waals surface area contributed by atoms with Crippen LogP contribution in [0.15, 0.2) is 33.1 Å². The highest BCUT2D eigenvalue weighted by Gasteiger charge is 2.35. The van der Waals surface area contributed by atoms with Gasteiger partial charge in [-0.05, 0) is 30.4 Å². The van der Waals surface area contributed by atoms with E-state index in [1.54, 1.807) is 11.8 Å². The molecule has 20 heavy (non-hydrogen) atoms. The Hall–Kier alpha value is -0.680. The van der Waals surface area contributed by atoms with E-state index in [4.69, 9.17) is 0 Å². The maximum absolute atomic E-state index is 13.8. The highest BCUT2D eigenvalue weighted by atomic mass is 79.9. The first-order valence-corrected chi connectivity index (χ1v) is 8.33. The lowest BCUT2D eigenvalue weighted by molar-refractivity contribution is 0.553. The summed E-state index contributed by atoms with van der Waals surface area (Å²) in [6, 6.07) is 4.10. The highest BCUT2D eigenvalue weighted by Crippen LogP contribution is 2.43. The Morgan fingerprint density at radius 2 is 2.00 bits per heavy atom. The van der Waals surface area contributed by atoms with Crippen molar-refractivity contribution in [2.75, 3.05) is 0 Å². The van der Waals surface area contributed by atoms with Gasteiger partial charge < -0.3 is 0 Å². The summed E-state index contributed by atoms with van der Waals surface area (Å²) in [5.41, 5.74) is 0.624. The molecule has 2 heterocycles. The Balaban J connectivity index is 1.86. The molecule has 0 aromatic heterocycles. The van der Waals surface area contributed by atoms with Crippen LogP contribution >= 0.6 is 27.7 Å². The summed E-state index contributed by atoms with van der Waals surface area (Å²) < 4.78 is 28.8. The van der Waals surface area contributed by atoms with Crippen LogP contribution in [-0.2, 0) is 0 Å². The van der Waals surface area contributed by atoms with Crippen LogP contribution in [0, 0.1) is 17.6 Å². The molecule has 0 saturated heterocycles. The van der Waals surface area contributed by atoms with Gasteiger partial charge >= 0.3 is 0 Å². The predicted molar refractivity (Wildman–Crippen MR) is 83.5 cm³/mol. The standard InChI is InChI=1S/C15H14BrF2NS/c1-8-9(16)7-20-15(8)13-6-5-12(19-13)14-10(17)3-2-4-11(14)18/h2-4,7-8,13,15H,5-6H2,1H3. The van der Waals surface area contributed by atoms with Crippen LogP contribution < -0.4 is 0 Å². The highest BCUT2D eigenvalue weighted by molar-refractivity contribution is 9.11. The average Bonchev–Trinajstić information content (AvgIpc) is 2.99. The molecular weight excluding hydrogens is 344 g/mol. The second kappa shape index (κ2) is 5.60. The van der Waals surface area contributed by atoms with E-state index in [1.807, 2.05) is 0 Å². The molecule has 5 heteroatoms. The Labute approximate surface area is 129 Å². The molecule has 0 bridgehead atoms. The van der Waals surface area contributed by atoms with Crippen LogP contribution in [0.4, 0.5) is 8.78 Å². The minimum atomic E-state index is -0.518. The fourth-order valence-electron chi connectivity index (χ4n) is 2.76. The van der Waals surface area contributed by atoms with Gasteiger partial charge in [-0.15, -0.1) is 11.8 Å². The third kappa shape index (κ3) is 2.46. The molecule has 3 rings (SSSR count). The molecular formula is C15H14BrF2NS. The average molecular weight is 358 g/mol. The summed E-state index contributed by atoms with van der Waals surface area (Å²) in [6.07, 6.45) is 1.50. The van der Waals surface area contributed by atoms with Gasteiger partial charge in [0, 0.05) is 21.4 Å². The Bertz CT molecular complexity index is 579. The molecule has 106 valence electrons. The Kier molecular flexibility index (Phi) is 4.00. The molecule has 3 atom stereocenters. The van der Waals surface area contributed by atoms with Crippen molar-refractivity contribution in [1.82, 2.24) is 0 Å². The lowest BCUT2D eigenvalue weighted by Gasteiger charge is -2.20. The molecule has 2 aliphatic rings. The van der Waals surface area contributed by atoms with Crippen molar-refractivity contribution in [2.45, 2.75) is 31.1 Å². The molecule has 1 aromatic carbocycles. The van der Waals surface area contributed by atoms with Gasteiger partial charge in [-0.2, -0.15) is 0 Å². The summed E-state index contributed by atoms with van der Waals surface area (Å²) >= 11 is 5.30. The van der Waals surface area contributed by atoms with Crippen molar-refractivity contribution in [1.29, 1.82) is 0 Å². The second-order valence-electron chi connectivity index (χ2n) is 5.17. The van der Waals surface area contributed by atoms with E-state index < -0.39 is 11.6 Å². The van der Waals surface area contributed by atoms with E-state index in [0.29, 0.717) is 23.3 Å². The first kappa shape index (κ1) is 14.3. The molecule has 0 N–H and O–H groups in total. The van der Waals surface area contributed by atoms with Gasteiger partial charge in [0.1, 0.15) is 11.6 Å². The third-order valence-electron chi connectivity index (χ3n) is 3.89. The number of hydrogen-bond donors (Lipinski definition) is 0. The first-order valence-electron chi connectivity index (χ1n) is 6.60. The molecule has 0 spiro atoms. The lowest BCUT2D eigenvalue weighted by Crippen LogP contribution is -2.23. The van der Waals surface area contributed by atoms with Crippen LogP contribution in [0.2, 0.25) is 0 Å². The van der Waals surface area contributed by atoms with Crippen molar-refractivity contribution in [2.24, 2.45) is 10.9 Å². The molecule has 0 fully saturated rings. The smallest absolute Gasteiger partial charge is 0.135 e. The van der Waals surface area contributed by atoms with Crippen molar-refractivity contribution in [3.8, 4) is 0 Å². The van der Waals surface area contributed by atoms with E-state index >= 15 is 0 Å². The zero-order chi connectivity index (χ0) is 14.3. The number of hydrogen-bond acceptors (Lipinski definition) is 2. The summed E-state index contributed by atoms with van der Waals surface area (Å²) in [7, 11) is 0.